The third kappa shape index (κ3) is 3.94. The first-order valence-electron chi connectivity index (χ1n) is 5.22. The van der Waals surface area contributed by atoms with Crippen molar-refractivity contribution in [2.24, 2.45) is 5.73 Å². The Morgan fingerprint density at radius 1 is 1.14 bits per heavy atom. The van der Waals surface area contributed by atoms with Crippen LogP contribution in [0.4, 0.5) is 0 Å². The van der Waals surface area contributed by atoms with Crippen LogP contribution in [0.2, 0.25) is 0 Å². The van der Waals surface area contributed by atoms with Crippen LogP contribution in [0.1, 0.15) is 40.0 Å². The van der Waals surface area contributed by atoms with Crippen molar-refractivity contribution in [3.8, 4) is 0 Å². The largest absolute Gasteiger partial charge is 0.329 e. The molecule has 14 heavy (non-hydrogen) atoms. The summed E-state index contributed by atoms with van der Waals surface area (Å²) in [6, 6.07) is 0.0422. The molecule has 0 bridgehead atoms. The van der Waals surface area contributed by atoms with Gasteiger partial charge in [0, 0.05) is 12.6 Å². The standard InChI is InChI=1S/C9H22N2O2S/c1-4-8(5-2)11-14(12,13)9(6-3)7-10/h8-9,11H,4-7,10H2,1-3H3. The highest BCUT2D eigenvalue weighted by Gasteiger charge is 2.24. The monoisotopic (exact) mass is 222 g/mol. The Labute approximate surface area is 87.3 Å². The van der Waals surface area contributed by atoms with E-state index in [2.05, 4.69) is 4.72 Å². The Hall–Kier alpha value is -0.130. The van der Waals surface area contributed by atoms with Gasteiger partial charge in [-0.25, -0.2) is 13.1 Å². The Morgan fingerprint density at radius 3 is 1.93 bits per heavy atom. The van der Waals surface area contributed by atoms with Crippen LogP contribution in [-0.4, -0.2) is 26.3 Å². The van der Waals surface area contributed by atoms with Crippen molar-refractivity contribution in [1.29, 1.82) is 0 Å². The van der Waals surface area contributed by atoms with E-state index in [1.807, 2.05) is 20.8 Å². The van der Waals surface area contributed by atoms with Gasteiger partial charge in [-0.2, -0.15) is 0 Å². The van der Waals surface area contributed by atoms with Crippen molar-refractivity contribution >= 4 is 10.0 Å². The minimum Gasteiger partial charge on any atom is -0.329 e. The Morgan fingerprint density at radius 2 is 1.64 bits per heavy atom. The summed E-state index contributed by atoms with van der Waals surface area (Å²) in [7, 11) is -3.22. The van der Waals surface area contributed by atoms with Crippen LogP contribution in [0.5, 0.6) is 0 Å². The molecule has 1 unspecified atom stereocenters. The number of sulfonamides is 1. The molecule has 0 aliphatic heterocycles. The van der Waals surface area contributed by atoms with E-state index in [4.69, 9.17) is 5.73 Å². The molecule has 0 saturated carbocycles. The highest BCUT2D eigenvalue weighted by Crippen LogP contribution is 2.06. The smallest absolute Gasteiger partial charge is 0.215 e. The lowest BCUT2D eigenvalue weighted by Gasteiger charge is -2.19. The molecule has 0 heterocycles. The summed E-state index contributed by atoms with van der Waals surface area (Å²) < 4.78 is 26.1. The number of nitrogens with one attached hydrogen (secondary N) is 1. The first kappa shape index (κ1) is 13.9. The van der Waals surface area contributed by atoms with Gasteiger partial charge in [0.2, 0.25) is 10.0 Å². The maximum atomic E-state index is 11.7. The van der Waals surface area contributed by atoms with E-state index in [1.165, 1.54) is 0 Å². The highest BCUT2D eigenvalue weighted by atomic mass is 32.2. The van der Waals surface area contributed by atoms with E-state index in [9.17, 15) is 8.42 Å². The molecule has 4 nitrogen and oxygen atoms in total. The molecule has 0 rings (SSSR count). The minimum atomic E-state index is -3.22. The van der Waals surface area contributed by atoms with Gasteiger partial charge in [-0.05, 0) is 19.3 Å². The van der Waals surface area contributed by atoms with Gasteiger partial charge in [0.1, 0.15) is 0 Å². The molecule has 0 fully saturated rings. The predicted octanol–water partition coefficient (Wildman–Crippen LogP) is 0.832. The average Bonchev–Trinajstić information content (AvgIpc) is 2.15. The summed E-state index contributed by atoms with van der Waals surface area (Å²) >= 11 is 0. The third-order valence-electron chi connectivity index (χ3n) is 2.47. The van der Waals surface area contributed by atoms with Crippen molar-refractivity contribution in [2.45, 2.75) is 51.3 Å². The van der Waals surface area contributed by atoms with Gasteiger partial charge in [0.15, 0.2) is 0 Å². The van der Waals surface area contributed by atoms with Gasteiger partial charge in [0.05, 0.1) is 5.25 Å². The summed E-state index contributed by atoms with van der Waals surface area (Å²) in [5, 5.41) is -0.455. The van der Waals surface area contributed by atoms with Gasteiger partial charge >= 0.3 is 0 Å². The molecule has 0 aliphatic carbocycles. The zero-order valence-corrected chi connectivity index (χ0v) is 10.1. The normalized spacial score (nSPS) is 14.6. The zero-order chi connectivity index (χ0) is 11.2. The summed E-state index contributed by atoms with van der Waals surface area (Å²) in [5.41, 5.74) is 5.41. The Balaban J connectivity index is 4.46. The molecule has 0 radical (unpaired) electrons. The lowest BCUT2D eigenvalue weighted by molar-refractivity contribution is 0.517. The number of hydrogen-bond donors (Lipinski definition) is 2. The van der Waals surface area contributed by atoms with E-state index in [0.717, 1.165) is 12.8 Å². The second kappa shape index (κ2) is 6.37. The van der Waals surface area contributed by atoms with Crippen molar-refractivity contribution in [2.75, 3.05) is 6.54 Å². The molecule has 86 valence electrons. The summed E-state index contributed by atoms with van der Waals surface area (Å²) in [6.45, 7) is 5.97. The minimum absolute atomic E-state index is 0.0422. The van der Waals surface area contributed by atoms with Crippen molar-refractivity contribution in [3.63, 3.8) is 0 Å². The second-order valence-corrected chi connectivity index (χ2v) is 5.43. The Kier molecular flexibility index (Phi) is 6.31. The molecule has 3 N–H and O–H groups in total. The van der Waals surface area contributed by atoms with Crippen LogP contribution < -0.4 is 10.5 Å². The van der Waals surface area contributed by atoms with Crippen LogP contribution in [0.25, 0.3) is 0 Å². The van der Waals surface area contributed by atoms with E-state index in [1.54, 1.807) is 0 Å². The molecule has 0 aliphatic rings. The molecule has 0 aromatic heterocycles. The quantitative estimate of drug-likeness (QED) is 0.670. The van der Waals surface area contributed by atoms with E-state index < -0.39 is 15.3 Å². The first-order valence-corrected chi connectivity index (χ1v) is 6.77. The van der Waals surface area contributed by atoms with Crippen molar-refractivity contribution in [3.05, 3.63) is 0 Å². The topological polar surface area (TPSA) is 72.2 Å². The van der Waals surface area contributed by atoms with Crippen LogP contribution >= 0.6 is 0 Å². The molecule has 0 aromatic rings. The second-order valence-electron chi connectivity index (χ2n) is 3.44. The van der Waals surface area contributed by atoms with E-state index in [-0.39, 0.29) is 12.6 Å². The third-order valence-corrected chi connectivity index (χ3v) is 4.54. The molecular formula is C9H22N2O2S. The molecule has 1 atom stereocenters. The fourth-order valence-corrected chi connectivity index (χ4v) is 2.98. The fourth-order valence-electron chi connectivity index (χ4n) is 1.30. The molecule has 0 saturated heterocycles. The van der Waals surface area contributed by atoms with Crippen molar-refractivity contribution in [1.82, 2.24) is 4.72 Å². The van der Waals surface area contributed by atoms with Crippen molar-refractivity contribution < 1.29 is 8.42 Å². The fraction of sp³-hybridized carbons (Fsp3) is 1.00. The summed E-state index contributed by atoms with van der Waals surface area (Å²) in [4.78, 5) is 0. The van der Waals surface area contributed by atoms with Crippen LogP contribution in [0.15, 0.2) is 0 Å². The SMILES string of the molecule is CCC(CC)NS(=O)(=O)C(CC)CN. The summed E-state index contributed by atoms with van der Waals surface area (Å²) in [6.07, 6.45) is 2.19. The average molecular weight is 222 g/mol. The number of rotatable bonds is 7. The zero-order valence-electron chi connectivity index (χ0n) is 9.29. The number of hydrogen-bond acceptors (Lipinski definition) is 3. The number of nitrogens with two attached hydrogens (primary N) is 1. The highest BCUT2D eigenvalue weighted by molar-refractivity contribution is 7.90. The first-order chi connectivity index (χ1) is 6.51. The summed E-state index contributed by atoms with van der Waals surface area (Å²) in [5.74, 6) is 0. The predicted molar refractivity (Wildman–Crippen MR) is 59.6 cm³/mol. The van der Waals surface area contributed by atoms with E-state index in [0.29, 0.717) is 6.42 Å². The lowest BCUT2D eigenvalue weighted by atomic mass is 10.2. The molecule has 5 heteroatoms. The molecule has 0 spiro atoms. The van der Waals surface area contributed by atoms with Crippen LogP contribution in [0.3, 0.4) is 0 Å². The van der Waals surface area contributed by atoms with Gasteiger partial charge in [-0.1, -0.05) is 20.8 Å². The molecular weight excluding hydrogens is 200 g/mol. The maximum Gasteiger partial charge on any atom is 0.215 e. The van der Waals surface area contributed by atoms with Gasteiger partial charge in [-0.3, -0.25) is 0 Å². The van der Waals surface area contributed by atoms with Gasteiger partial charge < -0.3 is 5.73 Å². The maximum absolute atomic E-state index is 11.7. The van der Waals surface area contributed by atoms with Gasteiger partial charge in [-0.15, -0.1) is 0 Å². The Bertz CT molecular complexity index is 231. The van der Waals surface area contributed by atoms with Crippen LogP contribution in [-0.2, 0) is 10.0 Å². The van der Waals surface area contributed by atoms with E-state index >= 15 is 0 Å². The van der Waals surface area contributed by atoms with Gasteiger partial charge in [0.25, 0.3) is 0 Å². The molecule has 0 aromatic carbocycles. The lowest BCUT2D eigenvalue weighted by Crippen LogP contribution is -2.43. The van der Waals surface area contributed by atoms with Crippen LogP contribution in [0, 0.1) is 0 Å². The molecule has 0 amide bonds.